The molecule has 19 heavy (non-hydrogen) atoms. The molecule has 0 unspecified atom stereocenters. The lowest BCUT2D eigenvalue weighted by atomic mass is 10.2. The van der Waals surface area contributed by atoms with E-state index in [-0.39, 0.29) is 16.4 Å². The maximum atomic E-state index is 12.1. The highest BCUT2D eigenvalue weighted by Crippen LogP contribution is 2.21. The van der Waals surface area contributed by atoms with Crippen LogP contribution < -0.4 is 10.5 Å². The zero-order chi connectivity index (χ0) is 14.0. The van der Waals surface area contributed by atoms with Crippen molar-refractivity contribution in [2.75, 3.05) is 10.5 Å². The second-order valence-electron chi connectivity index (χ2n) is 3.84. The van der Waals surface area contributed by atoms with Crippen LogP contribution in [0.4, 0.5) is 11.5 Å². The van der Waals surface area contributed by atoms with Crippen molar-refractivity contribution in [3.05, 3.63) is 36.0 Å². The van der Waals surface area contributed by atoms with Gasteiger partial charge in [-0.15, -0.1) is 0 Å². The van der Waals surface area contributed by atoms with Crippen LogP contribution in [0.25, 0.3) is 0 Å². The van der Waals surface area contributed by atoms with E-state index in [9.17, 15) is 8.42 Å². The fourth-order valence-electron chi connectivity index (χ4n) is 1.52. The molecule has 0 amide bonds. The first-order valence-electron chi connectivity index (χ1n) is 5.24. The Balaban J connectivity index is 2.37. The van der Waals surface area contributed by atoms with E-state index < -0.39 is 10.0 Å². The Kier molecular flexibility index (Phi) is 3.14. The fourth-order valence-corrected chi connectivity index (χ4v) is 2.64. The minimum atomic E-state index is -3.82. The number of nitrogens with two attached hydrogens (primary N) is 1. The Morgan fingerprint density at radius 3 is 2.68 bits per heavy atom. The number of rotatable bonds is 3. The fraction of sp³-hybridized carbons (Fsp3) is 0.0909. The van der Waals surface area contributed by atoms with Gasteiger partial charge in [0.05, 0.1) is 17.3 Å². The molecule has 0 saturated carbocycles. The zero-order valence-electron chi connectivity index (χ0n) is 10.0. The summed E-state index contributed by atoms with van der Waals surface area (Å²) < 4.78 is 28.0. The van der Waals surface area contributed by atoms with Crippen molar-refractivity contribution in [3.63, 3.8) is 0 Å². The monoisotopic (exact) mass is 277 g/mol. The van der Waals surface area contributed by atoms with Crippen molar-refractivity contribution >= 4 is 21.5 Å². The third kappa shape index (κ3) is 2.66. The number of nitriles is 1. The number of anilines is 2. The molecule has 0 aliphatic heterocycles. The second kappa shape index (κ2) is 4.62. The number of hydrogen-bond donors (Lipinski definition) is 2. The van der Waals surface area contributed by atoms with Crippen LogP contribution in [-0.4, -0.2) is 18.2 Å². The van der Waals surface area contributed by atoms with Gasteiger partial charge in [0.2, 0.25) is 0 Å². The lowest BCUT2D eigenvalue weighted by Crippen LogP contribution is -2.15. The van der Waals surface area contributed by atoms with E-state index in [2.05, 4.69) is 9.82 Å². The number of aryl methyl sites for hydroxylation is 1. The zero-order valence-corrected chi connectivity index (χ0v) is 10.8. The van der Waals surface area contributed by atoms with Gasteiger partial charge in [0, 0.05) is 19.3 Å². The van der Waals surface area contributed by atoms with Crippen molar-refractivity contribution < 1.29 is 8.42 Å². The van der Waals surface area contributed by atoms with E-state index in [4.69, 9.17) is 11.0 Å². The molecule has 0 spiro atoms. The number of nitrogens with zero attached hydrogens (tertiary/aromatic N) is 3. The maximum Gasteiger partial charge on any atom is 0.265 e. The largest absolute Gasteiger partial charge is 0.398 e. The van der Waals surface area contributed by atoms with Crippen LogP contribution in [0.2, 0.25) is 0 Å². The van der Waals surface area contributed by atoms with Gasteiger partial charge < -0.3 is 5.73 Å². The number of hydrogen-bond acceptors (Lipinski definition) is 5. The summed E-state index contributed by atoms with van der Waals surface area (Å²) in [5.41, 5.74) is 5.96. The molecule has 1 aromatic carbocycles. The Bertz CT molecular complexity index is 758. The Hall–Kier alpha value is -2.53. The van der Waals surface area contributed by atoms with Gasteiger partial charge in [0.15, 0.2) is 5.82 Å². The van der Waals surface area contributed by atoms with Gasteiger partial charge >= 0.3 is 0 Å². The second-order valence-corrected chi connectivity index (χ2v) is 5.50. The highest BCUT2D eigenvalue weighted by molar-refractivity contribution is 7.92. The molecule has 2 aromatic rings. The van der Waals surface area contributed by atoms with Gasteiger partial charge in [-0.3, -0.25) is 9.40 Å². The lowest BCUT2D eigenvalue weighted by Gasteiger charge is -2.08. The van der Waals surface area contributed by atoms with Gasteiger partial charge in [-0.25, -0.2) is 8.42 Å². The van der Waals surface area contributed by atoms with Crippen molar-refractivity contribution in [1.82, 2.24) is 9.78 Å². The molecule has 7 nitrogen and oxygen atoms in total. The molecule has 0 bridgehead atoms. The highest BCUT2D eigenvalue weighted by atomic mass is 32.2. The molecule has 2 rings (SSSR count). The van der Waals surface area contributed by atoms with Gasteiger partial charge in [-0.05, 0) is 18.2 Å². The predicted octanol–water partition coefficient (Wildman–Crippen LogP) is 0.675. The molecule has 8 heteroatoms. The molecule has 0 aliphatic rings. The summed E-state index contributed by atoms with van der Waals surface area (Å²) >= 11 is 0. The SMILES string of the molecule is Cn1ccc(NS(=O)(=O)c2ccc(C#N)cc2N)n1. The summed E-state index contributed by atoms with van der Waals surface area (Å²) in [4.78, 5) is -0.0860. The Morgan fingerprint density at radius 1 is 1.42 bits per heavy atom. The molecule has 0 atom stereocenters. The smallest absolute Gasteiger partial charge is 0.265 e. The molecule has 1 aromatic heterocycles. The minimum absolute atomic E-state index is 0.0162. The summed E-state index contributed by atoms with van der Waals surface area (Å²) in [7, 11) is -2.14. The van der Waals surface area contributed by atoms with Gasteiger partial charge in [-0.2, -0.15) is 10.4 Å². The van der Waals surface area contributed by atoms with Crippen LogP contribution in [0.3, 0.4) is 0 Å². The van der Waals surface area contributed by atoms with E-state index in [0.717, 1.165) is 0 Å². The van der Waals surface area contributed by atoms with Crippen molar-refractivity contribution in [2.24, 2.45) is 7.05 Å². The molecule has 0 saturated heterocycles. The molecular formula is C11H11N5O2S. The number of nitrogens with one attached hydrogen (secondary N) is 1. The van der Waals surface area contributed by atoms with E-state index in [1.165, 1.54) is 28.9 Å². The first kappa shape index (κ1) is 12.9. The summed E-state index contributed by atoms with van der Waals surface area (Å²) in [6.07, 6.45) is 1.61. The molecule has 3 N–H and O–H groups in total. The average Bonchev–Trinajstić information content (AvgIpc) is 2.73. The molecule has 98 valence electrons. The first-order chi connectivity index (χ1) is 8.92. The minimum Gasteiger partial charge on any atom is -0.398 e. The summed E-state index contributed by atoms with van der Waals surface area (Å²) in [5.74, 6) is 0.200. The molecule has 0 fully saturated rings. The molecule has 0 radical (unpaired) electrons. The summed E-state index contributed by atoms with van der Waals surface area (Å²) in [6, 6.07) is 7.41. The van der Waals surface area contributed by atoms with Gasteiger partial charge in [0.1, 0.15) is 4.90 Å². The topological polar surface area (TPSA) is 114 Å². The maximum absolute atomic E-state index is 12.1. The summed E-state index contributed by atoms with van der Waals surface area (Å²) in [6.45, 7) is 0. The number of nitrogen functional groups attached to an aromatic ring is 1. The van der Waals surface area contributed by atoms with Crippen LogP contribution in [0, 0.1) is 11.3 Å². The quantitative estimate of drug-likeness (QED) is 0.800. The average molecular weight is 277 g/mol. The van der Waals surface area contributed by atoms with Crippen molar-refractivity contribution in [1.29, 1.82) is 5.26 Å². The summed E-state index contributed by atoms with van der Waals surface area (Å²) in [5, 5.41) is 12.6. The lowest BCUT2D eigenvalue weighted by molar-refractivity contribution is 0.601. The number of sulfonamides is 1. The molecule has 1 heterocycles. The van der Waals surface area contributed by atoms with Gasteiger partial charge in [0.25, 0.3) is 10.0 Å². The van der Waals surface area contributed by atoms with Crippen LogP contribution >= 0.6 is 0 Å². The van der Waals surface area contributed by atoms with Crippen LogP contribution in [0.1, 0.15) is 5.56 Å². The van der Waals surface area contributed by atoms with Crippen molar-refractivity contribution in [3.8, 4) is 6.07 Å². The van der Waals surface area contributed by atoms with E-state index in [1.807, 2.05) is 6.07 Å². The van der Waals surface area contributed by atoms with Crippen LogP contribution in [0.15, 0.2) is 35.4 Å². The van der Waals surface area contributed by atoms with E-state index >= 15 is 0 Å². The number of aromatic nitrogens is 2. The third-order valence-electron chi connectivity index (χ3n) is 2.38. The van der Waals surface area contributed by atoms with E-state index in [0.29, 0.717) is 5.56 Å². The highest BCUT2D eigenvalue weighted by Gasteiger charge is 2.18. The van der Waals surface area contributed by atoms with Crippen LogP contribution in [-0.2, 0) is 17.1 Å². The standard InChI is InChI=1S/C11H11N5O2S/c1-16-5-4-11(14-16)15-19(17,18)10-3-2-8(7-12)6-9(10)13/h2-6H,13H2,1H3,(H,14,15). The predicted molar refractivity (Wildman–Crippen MR) is 69.6 cm³/mol. The van der Waals surface area contributed by atoms with Crippen molar-refractivity contribution in [2.45, 2.75) is 4.90 Å². The molecule has 0 aliphatic carbocycles. The number of benzene rings is 1. The third-order valence-corrected chi connectivity index (χ3v) is 3.81. The normalized spacial score (nSPS) is 10.9. The van der Waals surface area contributed by atoms with Gasteiger partial charge in [-0.1, -0.05) is 0 Å². The van der Waals surface area contributed by atoms with E-state index in [1.54, 1.807) is 13.2 Å². The molecular weight excluding hydrogens is 266 g/mol. The first-order valence-corrected chi connectivity index (χ1v) is 6.73. The van der Waals surface area contributed by atoms with Crippen LogP contribution in [0.5, 0.6) is 0 Å². The Labute approximate surface area is 110 Å². The Morgan fingerprint density at radius 2 is 2.16 bits per heavy atom.